The molecule has 0 saturated carbocycles. The average Bonchev–Trinajstić information content (AvgIpc) is 2.85. The van der Waals surface area contributed by atoms with Crippen LogP contribution in [-0.2, 0) is 11.2 Å². The number of anilines is 1. The van der Waals surface area contributed by atoms with Crippen molar-refractivity contribution in [3.8, 4) is 5.75 Å². The minimum absolute atomic E-state index is 0.151. The summed E-state index contributed by atoms with van der Waals surface area (Å²) in [6.07, 6.45) is 0.496. The topological polar surface area (TPSA) is 61.7 Å². The van der Waals surface area contributed by atoms with Gasteiger partial charge in [-0.2, -0.15) is 0 Å². The van der Waals surface area contributed by atoms with Gasteiger partial charge in [0.2, 0.25) is 5.91 Å². The van der Waals surface area contributed by atoms with Crippen LogP contribution in [0.25, 0.3) is 0 Å². The van der Waals surface area contributed by atoms with E-state index >= 15 is 0 Å². The molecule has 3 aromatic carbocycles. The quantitative estimate of drug-likeness (QED) is 0.581. The summed E-state index contributed by atoms with van der Waals surface area (Å²) in [4.78, 5) is 17.9. The maximum absolute atomic E-state index is 13.0. The zero-order chi connectivity index (χ0) is 21.3. The van der Waals surface area contributed by atoms with Crippen molar-refractivity contribution in [3.05, 3.63) is 94.0 Å². The van der Waals surface area contributed by atoms with Gasteiger partial charge in [0, 0.05) is 22.6 Å². The van der Waals surface area contributed by atoms with E-state index in [2.05, 4.69) is 31.3 Å². The second kappa shape index (κ2) is 8.33. The molecule has 1 amide bonds. The molecule has 0 radical (unpaired) electrons. The van der Waals surface area contributed by atoms with Crippen molar-refractivity contribution in [2.75, 3.05) is 5.32 Å². The summed E-state index contributed by atoms with van der Waals surface area (Å²) in [7, 11) is 0. The van der Waals surface area contributed by atoms with Gasteiger partial charge in [-0.15, -0.1) is 0 Å². The van der Waals surface area contributed by atoms with Gasteiger partial charge in [0.15, 0.2) is 0 Å². The number of carbonyl (C=O) groups is 1. The summed E-state index contributed by atoms with van der Waals surface area (Å²) in [5, 5.41) is 13.3. The lowest BCUT2D eigenvalue weighted by Crippen LogP contribution is -2.27. The molecular weight excluding hydrogens is 396 g/mol. The lowest BCUT2D eigenvalue weighted by atomic mass is 9.97. The van der Waals surface area contributed by atoms with E-state index in [9.17, 15) is 9.90 Å². The van der Waals surface area contributed by atoms with Crippen LogP contribution in [0.1, 0.15) is 42.0 Å². The van der Waals surface area contributed by atoms with Crippen LogP contribution in [0.5, 0.6) is 5.75 Å². The minimum Gasteiger partial charge on any atom is -0.508 e. The van der Waals surface area contributed by atoms with Crippen molar-refractivity contribution in [1.82, 2.24) is 0 Å². The maximum atomic E-state index is 13.0. The summed E-state index contributed by atoms with van der Waals surface area (Å²) in [5.74, 6) is 0.438. The third-order valence-electron chi connectivity index (χ3n) is 5.27. The Balaban J connectivity index is 1.79. The predicted molar refractivity (Wildman–Crippen MR) is 122 cm³/mol. The largest absolute Gasteiger partial charge is 0.508 e. The molecule has 3 aromatic rings. The minimum atomic E-state index is -0.581. The standard InChI is InChI=1S/C25H23ClN2O2/c1-15(2)18-5-3-4-16(12-18)13-23-25(30)28-22-11-8-19(26)14-21(22)24(27-23)17-6-9-20(29)10-7-17/h3-12,14-15,23,29H,13H2,1-2H3,(H,28,30). The fourth-order valence-corrected chi connectivity index (χ4v) is 3.78. The van der Waals surface area contributed by atoms with E-state index in [1.807, 2.05) is 18.2 Å². The number of nitrogens with zero attached hydrogens (tertiary/aromatic N) is 1. The Labute approximate surface area is 181 Å². The Hall–Kier alpha value is -3.11. The van der Waals surface area contributed by atoms with Crippen LogP contribution in [-0.4, -0.2) is 22.8 Å². The fraction of sp³-hybridized carbons (Fsp3) is 0.200. The third kappa shape index (κ3) is 4.24. The van der Waals surface area contributed by atoms with Gasteiger partial charge in [-0.1, -0.05) is 49.7 Å². The zero-order valence-electron chi connectivity index (χ0n) is 16.9. The molecule has 4 rings (SSSR count). The van der Waals surface area contributed by atoms with Crippen LogP contribution in [0.15, 0.2) is 71.7 Å². The van der Waals surface area contributed by atoms with Crippen molar-refractivity contribution >= 4 is 28.9 Å². The summed E-state index contributed by atoms with van der Waals surface area (Å²) in [6, 6.07) is 19.9. The number of carbonyl (C=O) groups excluding carboxylic acids is 1. The van der Waals surface area contributed by atoms with E-state index in [1.54, 1.807) is 36.4 Å². The molecule has 0 saturated heterocycles. The molecule has 5 heteroatoms. The first-order valence-corrected chi connectivity index (χ1v) is 10.4. The van der Waals surface area contributed by atoms with Crippen molar-refractivity contribution in [2.45, 2.75) is 32.2 Å². The Kier molecular flexibility index (Phi) is 5.60. The number of phenolic OH excluding ortho intramolecular Hbond substituents is 1. The summed E-state index contributed by atoms with van der Waals surface area (Å²) in [6.45, 7) is 4.30. The molecule has 0 aromatic heterocycles. The first kappa shape index (κ1) is 20.2. The number of aromatic hydroxyl groups is 1. The number of hydrogen-bond acceptors (Lipinski definition) is 3. The van der Waals surface area contributed by atoms with E-state index in [0.717, 1.165) is 16.7 Å². The summed E-state index contributed by atoms with van der Waals surface area (Å²) < 4.78 is 0. The van der Waals surface area contributed by atoms with Crippen LogP contribution in [0.4, 0.5) is 5.69 Å². The number of amides is 1. The van der Waals surface area contributed by atoms with Gasteiger partial charge in [0.1, 0.15) is 11.8 Å². The smallest absolute Gasteiger partial charge is 0.249 e. The second-order valence-corrected chi connectivity index (χ2v) is 8.26. The molecule has 30 heavy (non-hydrogen) atoms. The number of hydrogen-bond donors (Lipinski definition) is 2. The van der Waals surface area contributed by atoms with Crippen molar-refractivity contribution in [2.24, 2.45) is 4.99 Å². The first-order valence-electron chi connectivity index (χ1n) is 9.97. The summed E-state index contributed by atoms with van der Waals surface area (Å²) >= 11 is 6.25. The van der Waals surface area contributed by atoms with Gasteiger partial charge in [-0.05, 0) is 59.5 Å². The molecule has 0 bridgehead atoms. The maximum Gasteiger partial charge on any atom is 0.249 e. The molecule has 1 atom stereocenters. The van der Waals surface area contributed by atoms with Gasteiger partial charge in [0.05, 0.1) is 11.4 Å². The molecule has 1 aliphatic heterocycles. The first-order chi connectivity index (χ1) is 14.4. The van der Waals surface area contributed by atoms with Crippen molar-refractivity contribution in [3.63, 3.8) is 0 Å². The Bertz CT molecular complexity index is 1120. The third-order valence-corrected chi connectivity index (χ3v) is 5.50. The number of rotatable bonds is 4. The highest BCUT2D eigenvalue weighted by Crippen LogP contribution is 2.29. The predicted octanol–water partition coefficient (Wildman–Crippen LogP) is 5.57. The van der Waals surface area contributed by atoms with Gasteiger partial charge in [-0.25, -0.2) is 0 Å². The van der Waals surface area contributed by atoms with Gasteiger partial charge < -0.3 is 10.4 Å². The Morgan fingerprint density at radius 2 is 1.83 bits per heavy atom. The van der Waals surface area contributed by atoms with Crippen LogP contribution < -0.4 is 5.32 Å². The van der Waals surface area contributed by atoms with Crippen LogP contribution in [0.2, 0.25) is 5.02 Å². The normalized spacial score (nSPS) is 15.9. The molecule has 0 aliphatic carbocycles. The molecule has 1 aliphatic rings. The van der Waals surface area contributed by atoms with E-state index in [0.29, 0.717) is 28.8 Å². The number of halogens is 1. The SMILES string of the molecule is CC(C)c1cccc(CC2N=C(c3ccc(O)cc3)c3cc(Cl)ccc3NC2=O)c1. The number of benzene rings is 3. The number of nitrogens with one attached hydrogen (secondary N) is 1. The lowest BCUT2D eigenvalue weighted by molar-refractivity contribution is -0.117. The lowest BCUT2D eigenvalue weighted by Gasteiger charge is -2.13. The number of benzodiazepines with no additional fused rings is 1. The van der Waals surface area contributed by atoms with Crippen molar-refractivity contribution in [1.29, 1.82) is 0 Å². The van der Waals surface area contributed by atoms with Gasteiger partial charge in [-0.3, -0.25) is 9.79 Å². The van der Waals surface area contributed by atoms with E-state index in [1.165, 1.54) is 5.56 Å². The molecule has 1 heterocycles. The molecule has 4 nitrogen and oxygen atoms in total. The Morgan fingerprint density at radius 3 is 2.57 bits per heavy atom. The molecular formula is C25H23ClN2O2. The van der Waals surface area contributed by atoms with E-state index < -0.39 is 6.04 Å². The average molecular weight is 419 g/mol. The monoisotopic (exact) mass is 418 g/mol. The van der Waals surface area contributed by atoms with Gasteiger partial charge >= 0.3 is 0 Å². The summed E-state index contributed by atoms with van der Waals surface area (Å²) in [5.41, 5.74) is 5.23. The highest BCUT2D eigenvalue weighted by molar-refractivity contribution is 6.32. The Morgan fingerprint density at radius 1 is 1.07 bits per heavy atom. The highest BCUT2D eigenvalue weighted by Gasteiger charge is 2.26. The molecule has 152 valence electrons. The van der Waals surface area contributed by atoms with Crippen molar-refractivity contribution < 1.29 is 9.90 Å². The highest BCUT2D eigenvalue weighted by atomic mass is 35.5. The molecule has 0 fully saturated rings. The molecule has 0 spiro atoms. The van der Waals surface area contributed by atoms with Crippen LogP contribution in [0.3, 0.4) is 0 Å². The van der Waals surface area contributed by atoms with Crippen LogP contribution >= 0.6 is 11.6 Å². The van der Waals surface area contributed by atoms with Crippen LogP contribution in [0, 0.1) is 0 Å². The second-order valence-electron chi connectivity index (χ2n) is 7.82. The van der Waals surface area contributed by atoms with E-state index in [-0.39, 0.29) is 11.7 Å². The number of aliphatic imine (C=N–C) groups is 1. The molecule has 2 N–H and O–H groups in total. The molecule has 1 unspecified atom stereocenters. The van der Waals surface area contributed by atoms with E-state index in [4.69, 9.17) is 16.6 Å². The van der Waals surface area contributed by atoms with Gasteiger partial charge in [0.25, 0.3) is 0 Å². The fourth-order valence-electron chi connectivity index (χ4n) is 3.61. The number of phenols is 1. The number of fused-ring (bicyclic) bond motifs is 1. The zero-order valence-corrected chi connectivity index (χ0v) is 17.6.